The van der Waals surface area contributed by atoms with Gasteiger partial charge in [0, 0.05) is 24.3 Å². The number of ether oxygens (including phenoxy) is 1. The van der Waals surface area contributed by atoms with Gasteiger partial charge in [0.05, 0.1) is 18.4 Å². The highest BCUT2D eigenvalue weighted by molar-refractivity contribution is 5.89. The predicted molar refractivity (Wildman–Crippen MR) is 102 cm³/mol. The van der Waals surface area contributed by atoms with E-state index in [1.807, 2.05) is 6.07 Å². The van der Waals surface area contributed by atoms with Gasteiger partial charge >= 0.3 is 5.97 Å². The van der Waals surface area contributed by atoms with Crippen LogP contribution in [-0.4, -0.2) is 17.9 Å². The van der Waals surface area contributed by atoms with Crippen LogP contribution < -0.4 is 0 Å². The molecular weight excluding hydrogens is 340 g/mol. The number of rotatable bonds is 2. The van der Waals surface area contributed by atoms with Crippen molar-refractivity contribution in [1.29, 1.82) is 0 Å². The Morgan fingerprint density at radius 2 is 1.89 bits per heavy atom. The molecule has 3 aliphatic carbocycles. The molecule has 3 fully saturated rings. The van der Waals surface area contributed by atoms with Crippen molar-refractivity contribution in [2.24, 2.45) is 28.1 Å². The van der Waals surface area contributed by atoms with Crippen molar-refractivity contribution < 1.29 is 18.7 Å². The van der Waals surface area contributed by atoms with Gasteiger partial charge in [0.25, 0.3) is 0 Å². The largest absolute Gasteiger partial charge is 0.472 e. The normalized spacial score (nSPS) is 43.1. The van der Waals surface area contributed by atoms with Gasteiger partial charge in [-0.15, -0.1) is 0 Å². The van der Waals surface area contributed by atoms with Crippen LogP contribution >= 0.6 is 0 Å². The minimum Gasteiger partial charge on any atom is -0.472 e. The van der Waals surface area contributed by atoms with Crippen molar-refractivity contribution in [3.05, 3.63) is 24.2 Å². The van der Waals surface area contributed by atoms with Crippen LogP contribution in [0.4, 0.5) is 0 Å². The molecule has 1 aromatic rings. The summed E-state index contributed by atoms with van der Waals surface area (Å²) >= 11 is 0. The number of carbonyl (C=O) groups is 2. The SMILES string of the molecule is CC(=O)O[C@H]1CCC(C)(C)[C@H]2CC[C@]3(C)[C@@H](CC(=O)[C@H]3c3ccoc3)[C@]12C. The minimum atomic E-state index is -0.206. The van der Waals surface area contributed by atoms with E-state index in [9.17, 15) is 9.59 Å². The first kappa shape index (κ1) is 18.8. The van der Waals surface area contributed by atoms with Crippen molar-refractivity contribution in [3.63, 3.8) is 0 Å². The highest BCUT2D eigenvalue weighted by atomic mass is 16.5. The third-order valence-corrected chi connectivity index (χ3v) is 8.53. The zero-order valence-corrected chi connectivity index (χ0v) is 17.2. The Kier molecular flexibility index (Phi) is 4.14. The number of hydrogen-bond donors (Lipinski definition) is 0. The summed E-state index contributed by atoms with van der Waals surface area (Å²) in [6, 6.07) is 1.94. The maximum Gasteiger partial charge on any atom is 0.302 e. The number of Topliss-reactive ketones (excluding diaryl/α,β-unsaturated/α-hetero) is 1. The average molecular weight is 373 g/mol. The first-order valence-electron chi connectivity index (χ1n) is 10.3. The van der Waals surface area contributed by atoms with Gasteiger partial charge in [-0.1, -0.05) is 27.7 Å². The van der Waals surface area contributed by atoms with Crippen molar-refractivity contribution >= 4 is 11.8 Å². The van der Waals surface area contributed by atoms with Gasteiger partial charge < -0.3 is 9.15 Å². The van der Waals surface area contributed by atoms with Gasteiger partial charge in [0.1, 0.15) is 11.9 Å². The van der Waals surface area contributed by atoms with Gasteiger partial charge in [-0.25, -0.2) is 0 Å². The van der Waals surface area contributed by atoms with Crippen molar-refractivity contribution in [1.82, 2.24) is 0 Å². The number of carbonyl (C=O) groups excluding carboxylic acids is 2. The summed E-state index contributed by atoms with van der Waals surface area (Å²) in [6.45, 7) is 10.8. The third kappa shape index (κ3) is 2.55. The summed E-state index contributed by atoms with van der Waals surface area (Å²) in [5.74, 6) is 0.678. The highest BCUT2D eigenvalue weighted by Crippen LogP contribution is 2.70. The van der Waals surface area contributed by atoms with Crippen LogP contribution in [0.2, 0.25) is 0 Å². The first-order valence-corrected chi connectivity index (χ1v) is 10.3. The van der Waals surface area contributed by atoms with E-state index in [1.54, 1.807) is 12.5 Å². The molecule has 0 aliphatic heterocycles. The Morgan fingerprint density at radius 3 is 2.52 bits per heavy atom. The molecule has 0 amide bonds. The van der Waals surface area contributed by atoms with Crippen LogP contribution in [0.25, 0.3) is 0 Å². The van der Waals surface area contributed by atoms with E-state index in [0.29, 0.717) is 18.1 Å². The maximum absolute atomic E-state index is 13.2. The minimum absolute atomic E-state index is 0.103. The summed E-state index contributed by atoms with van der Waals surface area (Å²) in [6.07, 6.45) is 7.94. The van der Waals surface area contributed by atoms with Crippen molar-refractivity contribution in [2.75, 3.05) is 0 Å². The van der Waals surface area contributed by atoms with Crippen molar-refractivity contribution in [2.45, 2.75) is 78.7 Å². The Labute approximate surface area is 162 Å². The van der Waals surface area contributed by atoms with Crippen LogP contribution in [0.15, 0.2) is 23.0 Å². The van der Waals surface area contributed by atoms with Crippen LogP contribution in [0.3, 0.4) is 0 Å². The Bertz CT molecular complexity index is 748. The van der Waals surface area contributed by atoms with Crippen LogP contribution in [-0.2, 0) is 14.3 Å². The summed E-state index contributed by atoms with van der Waals surface area (Å²) in [4.78, 5) is 25.1. The number of ketones is 1. The molecule has 4 heteroatoms. The Balaban J connectivity index is 1.80. The zero-order valence-electron chi connectivity index (χ0n) is 17.2. The molecule has 0 spiro atoms. The summed E-state index contributed by atoms with van der Waals surface area (Å²) < 4.78 is 11.2. The average Bonchev–Trinajstić information content (AvgIpc) is 3.16. The second kappa shape index (κ2) is 5.96. The molecule has 6 atom stereocenters. The number of hydrogen-bond acceptors (Lipinski definition) is 4. The van der Waals surface area contributed by atoms with Crippen molar-refractivity contribution in [3.8, 4) is 0 Å². The molecule has 1 heterocycles. The highest BCUT2D eigenvalue weighted by Gasteiger charge is 2.68. The monoisotopic (exact) mass is 372 g/mol. The molecule has 3 aliphatic rings. The van der Waals surface area contributed by atoms with Crippen LogP contribution in [0.1, 0.15) is 78.2 Å². The number of fused-ring (bicyclic) bond motifs is 3. The summed E-state index contributed by atoms with van der Waals surface area (Å²) in [5.41, 5.74) is 0.918. The molecule has 4 rings (SSSR count). The number of furan rings is 1. The summed E-state index contributed by atoms with van der Waals surface area (Å²) in [5, 5.41) is 0. The molecule has 4 nitrogen and oxygen atoms in total. The Hall–Kier alpha value is -1.58. The fraction of sp³-hybridized carbons (Fsp3) is 0.739. The second-order valence-corrected chi connectivity index (χ2v) is 10.3. The van der Waals surface area contributed by atoms with E-state index in [0.717, 1.165) is 31.2 Å². The van der Waals surface area contributed by atoms with Gasteiger partial charge in [-0.2, -0.15) is 0 Å². The molecule has 27 heavy (non-hydrogen) atoms. The maximum atomic E-state index is 13.2. The van der Waals surface area contributed by atoms with E-state index >= 15 is 0 Å². The van der Waals surface area contributed by atoms with E-state index in [-0.39, 0.29) is 40.2 Å². The quantitative estimate of drug-likeness (QED) is 0.676. The smallest absolute Gasteiger partial charge is 0.302 e. The molecule has 0 radical (unpaired) electrons. The lowest BCUT2D eigenvalue weighted by molar-refractivity contribution is -0.203. The fourth-order valence-corrected chi connectivity index (χ4v) is 7.44. The first-order chi connectivity index (χ1) is 12.6. The van der Waals surface area contributed by atoms with E-state index in [2.05, 4.69) is 27.7 Å². The van der Waals surface area contributed by atoms with E-state index in [4.69, 9.17) is 9.15 Å². The lowest BCUT2D eigenvalue weighted by Crippen LogP contribution is -2.60. The van der Waals surface area contributed by atoms with Gasteiger partial charge in [-0.3, -0.25) is 9.59 Å². The van der Waals surface area contributed by atoms with Gasteiger partial charge in [0.2, 0.25) is 0 Å². The molecule has 0 saturated heterocycles. The molecule has 0 bridgehead atoms. The van der Waals surface area contributed by atoms with E-state index < -0.39 is 0 Å². The number of esters is 1. The third-order valence-electron chi connectivity index (χ3n) is 8.53. The molecule has 0 N–H and O–H groups in total. The molecule has 0 aromatic carbocycles. The van der Waals surface area contributed by atoms with E-state index in [1.165, 1.54) is 6.92 Å². The lowest BCUT2D eigenvalue weighted by atomic mass is 9.42. The van der Waals surface area contributed by atoms with Gasteiger partial charge in [-0.05, 0) is 54.4 Å². The van der Waals surface area contributed by atoms with Gasteiger partial charge in [0.15, 0.2) is 0 Å². The molecule has 148 valence electrons. The molecule has 1 aromatic heterocycles. The lowest BCUT2D eigenvalue weighted by Gasteiger charge is -2.63. The molecule has 3 saturated carbocycles. The fourth-order valence-electron chi connectivity index (χ4n) is 7.44. The Morgan fingerprint density at radius 1 is 1.15 bits per heavy atom. The second-order valence-electron chi connectivity index (χ2n) is 10.3. The topological polar surface area (TPSA) is 56.5 Å². The zero-order chi connectivity index (χ0) is 19.6. The standard InChI is InChI=1S/C23H32O4/c1-14(24)27-19-7-9-21(2,3)17-6-10-22(4)18(23(17,19)5)12-16(25)20(22)15-8-11-26-13-15/h8,11,13,17-20H,6-7,9-10,12H2,1-5H3/t17-,18-,19+,20-,22-,23-/m1/s1. The van der Waals surface area contributed by atoms with Crippen LogP contribution in [0, 0.1) is 28.1 Å². The molecule has 0 unspecified atom stereocenters. The van der Waals surface area contributed by atoms with Crippen LogP contribution in [0.5, 0.6) is 0 Å². The summed E-state index contributed by atoms with van der Waals surface area (Å²) in [7, 11) is 0. The molecular formula is C23H32O4. The predicted octanol–water partition coefficient (Wildman–Crippen LogP) is 5.13.